The second-order valence-corrected chi connectivity index (χ2v) is 6.91. The first-order valence-electron chi connectivity index (χ1n) is 9.52. The highest BCUT2D eigenvalue weighted by Crippen LogP contribution is 2.19. The molecule has 0 aliphatic carbocycles. The number of carbonyl (C=O) groups excluding carboxylic acids is 2. The van der Waals surface area contributed by atoms with Gasteiger partial charge in [0.2, 0.25) is 11.8 Å². The molecule has 1 unspecified atom stereocenters. The van der Waals surface area contributed by atoms with E-state index in [0.717, 1.165) is 24.8 Å². The van der Waals surface area contributed by atoms with Crippen LogP contribution in [0.25, 0.3) is 0 Å². The zero-order valence-electron chi connectivity index (χ0n) is 15.6. The lowest BCUT2D eigenvalue weighted by atomic mass is 10.0. The highest BCUT2D eigenvalue weighted by Gasteiger charge is 2.30. The van der Waals surface area contributed by atoms with E-state index in [1.807, 2.05) is 42.2 Å². The second-order valence-electron chi connectivity index (χ2n) is 6.91. The van der Waals surface area contributed by atoms with Crippen molar-refractivity contribution in [2.75, 3.05) is 13.1 Å². The Bertz CT molecular complexity index is 726. The number of piperidine rings is 1. The Balaban J connectivity index is 1.62. The molecule has 1 aromatic carbocycles. The van der Waals surface area contributed by atoms with E-state index in [2.05, 4.69) is 20.8 Å². The van der Waals surface area contributed by atoms with Crippen molar-refractivity contribution in [3.63, 3.8) is 0 Å². The van der Waals surface area contributed by atoms with Crippen LogP contribution in [0.5, 0.6) is 0 Å². The molecular weight excluding hydrogens is 344 g/mol. The van der Waals surface area contributed by atoms with Crippen LogP contribution in [0.2, 0.25) is 0 Å². The standard InChI is InChI=1S/C19H26N6O2/c1-2-6-18(26)21-16-9-11-24(12-10-16)19(27)17(25-14-20-22-23-25)13-15-7-4-3-5-8-15/h3-5,7-8,14,16-17H,2,6,9-13H2,1H3,(H,21,26). The molecule has 0 bridgehead atoms. The predicted octanol–water partition coefficient (Wildman–Crippen LogP) is 1.36. The number of tetrazole rings is 1. The quantitative estimate of drug-likeness (QED) is 0.794. The zero-order valence-corrected chi connectivity index (χ0v) is 15.6. The van der Waals surface area contributed by atoms with Crippen LogP contribution >= 0.6 is 0 Å². The van der Waals surface area contributed by atoms with Gasteiger partial charge in [-0.05, 0) is 35.3 Å². The SMILES string of the molecule is CCCC(=O)NC1CCN(C(=O)C(Cc2ccccc2)n2cnnn2)CC1. The molecule has 1 aromatic heterocycles. The first-order valence-corrected chi connectivity index (χ1v) is 9.52. The lowest BCUT2D eigenvalue weighted by Crippen LogP contribution is -2.48. The Morgan fingerprint density at radius 3 is 2.59 bits per heavy atom. The maximum Gasteiger partial charge on any atom is 0.247 e. The minimum atomic E-state index is -0.464. The van der Waals surface area contributed by atoms with Crippen molar-refractivity contribution < 1.29 is 9.59 Å². The van der Waals surface area contributed by atoms with Gasteiger partial charge in [-0.25, -0.2) is 4.68 Å². The molecule has 0 radical (unpaired) electrons. The summed E-state index contributed by atoms with van der Waals surface area (Å²) in [6, 6.07) is 9.55. The van der Waals surface area contributed by atoms with Gasteiger partial charge in [0, 0.05) is 32.0 Å². The number of benzene rings is 1. The van der Waals surface area contributed by atoms with Crippen molar-refractivity contribution >= 4 is 11.8 Å². The summed E-state index contributed by atoms with van der Waals surface area (Å²) in [5.74, 6) is 0.113. The largest absolute Gasteiger partial charge is 0.353 e. The van der Waals surface area contributed by atoms with Gasteiger partial charge >= 0.3 is 0 Å². The molecule has 0 saturated carbocycles. The summed E-state index contributed by atoms with van der Waals surface area (Å²) in [7, 11) is 0. The van der Waals surface area contributed by atoms with Crippen LogP contribution in [-0.4, -0.2) is 56.1 Å². The molecular formula is C19H26N6O2. The predicted molar refractivity (Wildman–Crippen MR) is 99.7 cm³/mol. The maximum absolute atomic E-state index is 13.2. The summed E-state index contributed by atoms with van der Waals surface area (Å²) in [6.45, 7) is 3.25. The number of hydrogen-bond donors (Lipinski definition) is 1. The molecule has 2 amide bonds. The van der Waals surface area contributed by atoms with Crippen LogP contribution in [0.3, 0.4) is 0 Å². The molecule has 144 valence electrons. The van der Waals surface area contributed by atoms with Gasteiger partial charge in [0.25, 0.3) is 0 Å². The van der Waals surface area contributed by atoms with Crippen molar-refractivity contribution in [3.8, 4) is 0 Å². The van der Waals surface area contributed by atoms with Gasteiger partial charge in [0.1, 0.15) is 12.4 Å². The molecule has 1 atom stereocenters. The Kier molecular flexibility index (Phi) is 6.51. The van der Waals surface area contributed by atoms with Gasteiger partial charge < -0.3 is 10.2 Å². The molecule has 1 saturated heterocycles. The summed E-state index contributed by atoms with van der Waals surface area (Å²) in [6.07, 6.45) is 4.97. The van der Waals surface area contributed by atoms with Crippen LogP contribution in [0.4, 0.5) is 0 Å². The van der Waals surface area contributed by atoms with Crippen molar-refractivity contribution in [3.05, 3.63) is 42.2 Å². The van der Waals surface area contributed by atoms with Crippen molar-refractivity contribution in [2.45, 2.75) is 51.1 Å². The van der Waals surface area contributed by atoms with E-state index in [9.17, 15) is 9.59 Å². The number of likely N-dealkylation sites (tertiary alicyclic amines) is 1. The fourth-order valence-corrected chi connectivity index (χ4v) is 3.42. The molecule has 8 nitrogen and oxygen atoms in total. The number of rotatable bonds is 7. The molecule has 1 N–H and O–H groups in total. The highest BCUT2D eigenvalue weighted by atomic mass is 16.2. The number of nitrogens with one attached hydrogen (secondary N) is 1. The summed E-state index contributed by atoms with van der Waals surface area (Å²) < 4.78 is 1.53. The van der Waals surface area contributed by atoms with Crippen molar-refractivity contribution in [1.82, 2.24) is 30.4 Å². The van der Waals surface area contributed by atoms with E-state index in [1.54, 1.807) is 0 Å². The summed E-state index contributed by atoms with van der Waals surface area (Å²) >= 11 is 0. The van der Waals surface area contributed by atoms with E-state index < -0.39 is 6.04 Å². The van der Waals surface area contributed by atoms with Crippen LogP contribution in [0.1, 0.15) is 44.2 Å². The fourth-order valence-electron chi connectivity index (χ4n) is 3.42. The third-order valence-corrected chi connectivity index (χ3v) is 4.89. The van der Waals surface area contributed by atoms with Gasteiger partial charge in [-0.15, -0.1) is 5.10 Å². The average molecular weight is 370 g/mol. The molecule has 2 heterocycles. The average Bonchev–Trinajstić information content (AvgIpc) is 3.22. The third kappa shape index (κ3) is 5.12. The summed E-state index contributed by atoms with van der Waals surface area (Å²) in [5.41, 5.74) is 1.06. The Labute approximate surface area is 158 Å². The van der Waals surface area contributed by atoms with E-state index >= 15 is 0 Å². The number of carbonyl (C=O) groups is 2. The summed E-state index contributed by atoms with van der Waals surface area (Å²) in [4.78, 5) is 26.8. The van der Waals surface area contributed by atoms with E-state index in [4.69, 9.17) is 0 Å². The van der Waals surface area contributed by atoms with Crippen LogP contribution < -0.4 is 5.32 Å². The number of hydrogen-bond acceptors (Lipinski definition) is 5. The topological polar surface area (TPSA) is 93.0 Å². The Morgan fingerprint density at radius 2 is 1.96 bits per heavy atom. The normalized spacial score (nSPS) is 16.1. The molecule has 0 spiro atoms. The van der Waals surface area contributed by atoms with Gasteiger partial charge in [-0.3, -0.25) is 9.59 Å². The first-order chi connectivity index (χ1) is 13.2. The van der Waals surface area contributed by atoms with Crippen LogP contribution in [0, 0.1) is 0 Å². The Hall–Kier alpha value is -2.77. The lowest BCUT2D eigenvalue weighted by Gasteiger charge is -2.34. The molecule has 1 aliphatic heterocycles. The number of amides is 2. The first kappa shape index (κ1) is 19.0. The monoisotopic (exact) mass is 370 g/mol. The maximum atomic E-state index is 13.2. The number of aromatic nitrogens is 4. The zero-order chi connectivity index (χ0) is 19.1. The van der Waals surface area contributed by atoms with E-state index in [1.165, 1.54) is 11.0 Å². The highest BCUT2D eigenvalue weighted by molar-refractivity contribution is 5.81. The van der Waals surface area contributed by atoms with E-state index in [-0.39, 0.29) is 17.9 Å². The molecule has 3 rings (SSSR count). The second kappa shape index (κ2) is 9.25. The van der Waals surface area contributed by atoms with Crippen LogP contribution in [0.15, 0.2) is 36.7 Å². The minimum absolute atomic E-state index is 0.0180. The molecule has 8 heteroatoms. The Morgan fingerprint density at radius 1 is 1.22 bits per heavy atom. The lowest BCUT2D eigenvalue weighted by molar-refractivity contribution is -0.136. The minimum Gasteiger partial charge on any atom is -0.353 e. The number of nitrogens with zero attached hydrogens (tertiary/aromatic N) is 5. The van der Waals surface area contributed by atoms with Gasteiger partial charge in [-0.2, -0.15) is 0 Å². The smallest absolute Gasteiger partial charge is 0.247 e. The van der Waals surface area contributed by atoms with E-state index in [0.29, 0.717) is 25.9 Å². The third-order valence-electron chi connectivity index (χ3n) is 4.89. The summed E-state index contributed by atoms with van der Waals surface area (Å²) in [5, 5.41) is 14.4. The molecule has 27 heavy (non-hydrogen) atoms. The van der Waals surface area contributed by atoms with Crippen molar-refractivity contribution in [2.24, 2.45) is 0 Å². The van der Waals surface area contributed by atoms with Gasteiger partial charge in [-0.1, -0.05) is 37.3 Å². The van der Waals surface area contributed by atoms with Crippen LogP contribution in [-0.2, 0) is 16.0 Å². The molecule has 2 aromatic rings. The fraction of sp³-hybridized carbons (Fsp3) is 0.526. The molecule has 1 fully saturated rings. The van der Waals surface area contributed by atoms with Gasteiger partial charge in [0.05, 0.1) is 0 Å². The molecule has 1 aliphatic rings. The van der Waals surface area contributed by atoms with Crippen molar-refractivity contribution in [1.29, 1.82) is 0 Å². The van der Waals surface area contributed by atoms with Gasteiger partial charge in [0.15, 0.2) is 0 Å².